The number of ketones is 1. The van der Waals surface area contributed by atoms with Crippen molar-refractivity contribution >= 4 is 5.78 Å². The van der Waals surface area contributed by atoms with Crippen LogP contribution in [0, 0.1) is 11.8 Å². The Hall–Kier alpha value is -0.870. The van der Waals surface area contributed by atoms with Crippen molar-refractivity contribution in [3.8, 4) is 0 Å². The van der Waals surface area contributed by atoms with Gasteiger partial charge in [-0.2, -0.15) is 0 Å². The number of hydrogen-bond donors (Lipinski definition) is 0. The van der Waals surface area contributed by atoms with Gasteiger partial charge in [0.15, 0.2) is 11.6 Å². The lowest BCUT2D eigenvalue weighted by atomic mass is 9.89. The van der Waals surface area contributed by atoms with E-state index >= 15 is 0 Å². The van der Waals surface area contributed by atoms with Crippen LogP contribution in [-0.4, -0.2) is 41.8 Å². The Labute approximate surface area is 113 Å². The molecule has 0 amide bonds. The summed E-state index contributed by atoms with van der Waals surface area (Å²) in [6, 6.07) is 0. The molecule has 4 fully saturated rings. The minimum Gasteiger partial charge on any atom is -0.377 e. The number of rotatable bonds is 1. The monoisotopic (exact) mass is 263 g/mol. The van der Waals surface area contributed by atoms with Gasteiger partial charge in [0.05, 0.1) is 18.1 Å². The van der Waals surface area contributed by atoms with E-state index in [0.717, 1.165) is 25.1 Å². The van der Waals surface area contributed by atoms with Gasteiger partial charge in [-0.15, -0.1) is 0 Å². The van der Waals surface area contributed by atoms with Crippen LogP contribution in [0.25, 0.3) is 0 Å². The van der Waals surface area contributed by atoms with Crippen LogP contribution < -0.4 is 0 Å². The molecule has 0 N–H and O–H groups in total. The maximum atomic E-state index is 12.5. The SMILES string of the molecule is CC1(C)O[C@@H]2[C@H](O1)[C@@H]1C[C@H]2/C(=C\N2CCCC2)C1=O. The van der Waals surface area contributed by atoms with Crippen molar-refractivity contribution in [3.63, 3.8) is 0 Å². The summed E-state index contributed by atoms with van der Waals surface area (Å²) in [5, 5.41) is 0. The number of Topliss-reactive ketones (excluding diaryl/α,β-unsaturated/α-hetero) is 1. The first kappa shape index (κ1) is 11.9. The molecule has 0 unspecified atom stereocenters. The van der Waals surface area contributed by atoms with E-state index in [1.54, 1.807) is 0 Å². The van der Waals surface area contributed by atoms with Gasteiger partial charge in [-0.1, -0.05) is 0 Å². The zero-order valence-electron chi connectivity index (χ0n) is 11.6. The first-order valence-electron chi connectivity index (χ1n) is 7.41. The average Bonchev–Trinajstić information content (AvgIpc) is 3.03. The average molecular weight is 263 g/mol. The van der Waals surface area contributed by atoms with Crippen molar-refractivity contribution in [3.05, 3.63) is 11.8 Å². The molecule has 2 saturated carbocycles. The van der Waals surface area contributed by atoms with Gasteiger partial charge < -0.3 is 14.4 Å². The number of carbonyl (C=O) groups is 1. The largest absolute Gasteiger partial charge is 0.377 e. The molecule has 0 aromatic heterocycles. The molecule has 4 aliphatic rings. The van der Waals surface area contributed by atoms with Gasteiger partial charge in [-0.3, -0.25) is 4.79 Å². The molecule has 0 spiro atoms. The Morgan fingerprint density at radius 3 is 2.47 bits per heavy atom. The fourth-order valence-electron chi connectivity index (χ4n) is 4.17. The number of hydrogen-bond acceptors (Lipinski definition) is 4. The Balaban J connectivity index is 1.61. The van der Waals surface area contributed by atoms with Crippen LogP contribution in [0.2, 0.25) is 0 Å². The zero-order chi connectivity index (χ0) is 13.2. The smallest absolute Gasteiger partial charge is 0.166 e. The second kappa shape index (κ2) is 3.83. The number of nitrogens with zero attached hydrogens (tertiary/aromatic N) is 1. The predicted octanol–water partition coefficient (Wildman–Crippen LogP) is 1.70. The van der Waals surface area contributed by atoms with E-state index < -0.39 is 5.79 Å². The summed E-state index contributed by atoms with van der Waals surface area (Å²) >= 11 is 0. The molecule has 4 rings (SSSR count). The van der Waals surface area contributed by atoms with E-state index in [0.29, 0.717) is 5.78 Å². The standard InChI is InChI=1S/C15H21NO3/c1-15(2)18-13-9-7-10(14(13)19-15)12(17)11(9)8-16-5-3-4-6-16/h8-10,13-14H,3-7H2,1-2H3/b11-8+/t9-,10+,13-,14+/m0/s1. The fourth-order valence-corrected chi connectivity index (χ4v) is 4.17. The van der Waals surface area contributed by atoms with Gasteiger partial charge in [0, 0.05) is 30.8 Å². The van der Waals surface area contributed by atoms with Crippen LogP contribution in [0.1, 0.15) is 33.1 Å². The zero-order valence-corrected chi connectivity index (χ0v) is 11.6. The molecule has 0 aromatic rings. The summed E-state index contributed by atoms with van der Waals surface area (Å²) in [7, 11) is 0. The summed E-state index contributed by atoms with van der Waals surface area (Å²) in [4.78, 5) is 14.8. The molecule has 2 heterocycles. The van der Waals surface area contributed by atoms with Crippen molar-refractivity contribution in [1.82, 2.24) is 4.90 Å². The molecule has 0 aromatic carbocycles. The Morgan fingerprint density at radius 2 is 1.79 bits per heavy atom. The van der Waals surface area contributed by atoms with Gasteiger partial charge in [-0.05, 0) is 33.1 Å². The molecule has 19 heavy (non-hydrogen) atoms. The third-order valence-corrected chi connectivity index (χ3v) is 4.95. The van der Waals surface area contributed by atoms with Crippen molar-refractivity contribution in [2.75, 3.05) is 13.1 Å². The Bertz CT molecular complexity index is 450. The first-order valence-corrected chi connectivity index (χ1v) is 7.41. The van der Waals surface area contributed by atoms with Gasteiger partial charge in [0.2, 0.25) is 0 Å². The normalized spacial score (nSPS) is 45.5. The first-order chi connectivity index (χ1) is 9.05. The van der Waals surface area contributed by atoms with E-state index in [2.05, 4.69) is 11.1 Å². The molecular formula is C15H21NO3. The summed E-state index contributed by atoms with van der Waals surface area (Å²) in [6.45, 7) is 6.06. The molecule has 4 heteroatoms. The van der Waals surface area contributed by atoms with Crippen molar-refractivity contribution in [2.24, 2.45) is 11.8 Å². The maximum Gasteiger partial charge on any atom is 0.166 e. The predicted molar refractivity (Wildman–Crippen MR) is 69.3 cm³/mol. The van der Waals surface area contributed by atoms with Crippen LogP contribution in [-0.2, 0) is 14.3 Å². The maximum absolute atomic E-state index is 12.5. The van der Waals surface area contributed by atoms with Gasteiger partial charge in [-0.25, -0.2) is 0 Å². The summed E-state index contributed by atoms with van der Waals surface area (Å²) in [6.07, 6.45) is 5.60. The van der Waals surface area contributed by atoms with E-state index in [-0.39, 0.29) is 24.0 Å². The Kier molecular flexibility index (Phi) is 2.40. The Morgan fingerprint density at radius 1 is 1.16 bits per heavy atom. The van der Waals surface area contributed by atoms with Crippen LogP contribution in [0.4, 0.5) is 0 Å². The van der Waals surface area contributed by atoms with Crippen LogP contribution in [0.5, 0.6) is 0 Å². The number of fused-ring (bicyclic) bond motifs is 5. The van der Waals surface area contributed by atoms with Crippen LogP contribution >= 0.6 is 0 Å². The molecule has 2 aliphatic heterocycles. The van der Waals surface area contributed by atoms with Crippen LogP contribution in [0.3, 0.4) is 0 Å². The number of carbonyl (C=O) groups excluding carboxylic acids is 1. The van der Waals surface area contributed by atoms with E-state index in [1.807, 2.05) is 13.8 Å². The topological polar surface area (TPSA) is 38.8 Å². The lowest BCUT2D eigenvalue weighted by Gasteiger charge is -2.24. The summed E-state index contributed by atoms with van der Waals surface area (Å²) in [5.41, 5.74) is 0.995. The third-order valence-electron chi connectivity index (χ3n) is 4.95. The highest BCUT2D eigenvalue weighted by molar-refractivity contribution is 6.01. The van der Waals surface area contributed by atoms with E-state index in [9.17, 15) is 4.79 Å². The van der Waals surface area contributed by atoms with E-state index in [4.69, 9.17) is 9.47 Å². The van der Waals surface area contributed by atoms with Gasteiger partial charge >= 0.3 is 0 Å². The molecule has 2 bridgehead atoms. The highest BCUT2D eigenvalue weighted by atomic mass is 16.8. The molecule has 104 valence electrons. The lowest BCUT2D eigenvalue weighted by Crippen LogP contribution is -2.36. The summed E-state index contributed by atoms with van der Waals surface area (Å²) in [5.74, 6) is 0.0604. The third kappa shape index (κ3) is 1.69. The number of ether oxygens (including phenoxy) is 2. The van der Waals surface area contributed by atoms with Gasteiger partial charge in [0.1, 0.15) is 0 Å². The lowest BCUT2D eigenvalue weighted by molar-refractivity contribution is -0.157. The molecule has 0 radical (unpaired) electrons. The summed E-state index contributed by atoms with van der Waals surface area (Å²) < 4.78 is 11.9. The quantitative estimate of drug-likeness (QED) is 0.675. The van der Waals surface area contributed by atoms with Crippen molar-refractivity contribution in [1.29, 1.82) is 0 Å². The van der Waals surface area contributed by atoms with Crippen molar-refractivity contribution in [2.45, 2.75) is 51.1 Å². The molecule has 2 saturated heterocycles. The second-order valence-electron chi connectivity index (χ2n) is 6.71. The molecule has 4 nitrogen and oxygen atoms in total. The van der Waals surface area contributed by atoms with Crippen molar-refractivity contribution < 1.29 is 14.3 Å². The minimum absolute atomic E-state index is 0.0109. The van der Waals surface area contributed by atoms with Gasteiger partial charge in [0.25, 0.3) is 0 Å². The minimum atomic E-state index is -0.532. The highest BCUT2D eigenvalue weighted by Crippen LogP contribution is 2.53. The van der Waals surface area contributed by atoms with Crippen LogP contribution in [0.15, 0.2) is 11.8 Å². The van der Waals surface area contributed by atoms with E-state index in [1.165, 1.54) is 12.8 Å². The molecular weight excluding hydrogens is 242 g/mol. The highest BCUT2D eigenvalue weighted by Gasteiger charge is 2.62. The second-order valence-corrected chi connectivity index (χ2v) is 6.71. The molecule has 2 aliphatic carbocycles. The molecule has 4 atom stereocenters. The number of likely N-dealkylation sites (tertiary alicyclic amines) is 1. The fraction of sp³-hybridized carbons (Fsp3) is 0.800.